The van der Waals surface area contributed by atoms with Gasteiger partial charge >= 0.3 is 0 Å². The Labute approximate surface area is 167 Å². The van der Waals surface area contributed by atoms with Crippen LogP contribution in [-0.4, -0.2) is 13.2 Å². The average Bonchev–Trinajstić information content (AvgIpc) is 2.63. The molecule has 2 aromatic rings. The van der Waals surface area contributed by atoms with E-state index in [9.17, 15) is 26.3 Å². The van der Waals surface area contributed by atoms with E-state index in [0.717, 1.165) is 12.1 Å². The monoisotopic (exact) mass is 514 g/mol. The van der Waals surface area contributed by atoms with Gasteiger partial charge in [0.25, 0.3) is 0 Å². The molecular formula is C18H10Br2F6O. The third-order valence-electron chi connectivity index (χ3n) is 3.52. The summed E-state index contributed by atoms with van der Waals surface area (Å²) in [5, 5.41) is 0. The van der Waals surface area contributed by atoms with Gasteiger partial charge in [0.2, 0.25) is 0 Å². The molecule has 0 saturated carbocycles. The first kappa shape index (κ1) is 21.7. The van der Waals surface area contributed by atoms with E-state index in [1.165, 1.54) is 0 Å². The summed E-state index contributed by atoms with van der Waals surface area (Å²) in [5.41, 5.74) is -0.667. The molecule has 9 heteroatoms. The van der Waals surface area contributed by atoms with Crippen molar-refractivity contribution in [2.75, 3.05) is 13.2 Å². The van der Waals surface area contributed by atoms with Crippen LogP contribution in [0.25, 0.3) is 11.1 Å². The van der Waals surface area contributed by atoms with Crippen LogP contribution in [0, 0.1) is 34.9 Å². The Hall–Kier alpha value is -1.58. The van der Waals surface area contributed by atoms with Gasteiger partial charge < -0.3 is 4.74 Å². The molecule has 0 radical (unpaired) electrons. The Morgan fingerprint density at radius 3 is 1.33 bits per heavy atom. The van der Waals surface area contributed by atoms with Crippen LogP contribution >= 0.6 is 31.9 Å². The third kappa shape index (κ3) is 4.47. The van der Waals surface area contributed by atoms with Crippen molar-refractivity contribution in [3.8, 4) is 0 Å². The largest absolute Gasteiger partial charge is 0.372 e. The normalized spacial score (nSPS) is 11.0. The van der Waals surface area contributed by atoms with Crippen molar-refractivity contribution in [3.63, 3.8) is 0 Å². The van der Waals surface area contributed by atoms with Crippen molar-refractivity contribution in [2.24, 2.45) is 0 Å². The minimum Gasteiger partial charge on any atom is -0.372 e. The van der Waals surface area contributed by atoms with Crippen LogP contribution in [0.3, 0.4) is 0 Å². The highest BCUT2D eigenvalue weighted by Crippen LogP contribution is 2.29. The highest BCUT2D eigenvalue weighted by molar-refractivity contribution is 9.10. The van der Waals surface area contributed by atoms with E-state index in [4.69, 9.17) is 4.74 Å². The average molecular weight is 516 g/mol. The van der Waals surface area contributed by atoms with Crippen molar-refractivity contribution >= 4 is 43.0 Å². The van der Waals surface area contributed by atoms with E-state index in [2.05, 4.69) is 45.0 Å². The lowest BCUT2D eigenvalue weighted by atomic mass is 10.1. The van der Waals surface area contributed by atoms with Gasteiger partial charge in [0.05, 0.1) is 22.2 Å². The lowest BCUT2D eigenvalue weighted by Gasteiger charge is -2.13. The minimum atomic E-state index is -1.67. The lowest BCUT2D eigenvalue weighted by molar-refractivity contribution is 0.204. The van der Waals surface area contributed by atoms with Crippen molar-refractivity contribution in [1.29, 1.82) is 0 Å². The van der Waals surface area contributed by atoms with E-state index in [-0.39, 0.29) is 44.4 Å². The molecule has 0 amide bonds. The maximum Gasteiger partial charge on any atom is 0.196 e. The minimum absolute atomic E-state index is 0.0214. The molecule has 0 atom stereocenters. The van der Waals surface area contributed by atoms with Gasteiger partial charge in [0.1, 0.15) is 0 Å². The number of hydrogen-bond donors (Lipinski definition) is 0. The molecule has 0 aliphatic rings. The zero-order valence-electron chi connectivity index (χ0n) is 13.4. The van der Waals surface area contributed by atoms with Gasteiger partial charge in [-0.1, -0.05) is 13.2 Å². The fourth-order valence-corrected chi connectivity index (χ4v) is 2.92. The lowest BCUT2D eigenvalue weighted by Crippen LogP contribution is -2.06. The van der Waals surface area contributed by atoms with Gasteiger partial charge in [-0.25, -0.2) is 26.3 Å². The van der Waals surface area contributed by atoms with Gasteiger partial charge in [0.15, 0.2) is 34.9 Å². The Bertz CT molecular complexity index is 867. The van der Waals surface area contributed by atoms with Crippen molar-refractivity contribution < 1.29 is 31.1 Å². The summed E-state index contributed by atoms with van der Waals surface area (Å²) in [4.78, 5) is 0. The van der Waals surface area contributed by atoms with Crippen LogP contribution in [0.5, 0.6) is 0 Å². The highest BCUT2D eigenvalue weighted by Gasteiger charge is 2.21. The fourth-order valence-electron chi connectivity index (χ4n) is 2.11. The molecule has 0 bridgehead atoms. The standard InChI is InChI=1S/C18H10Br2F6O/c1-7(9-3-11(19)15(23)17(25)13(9)21)5-27-6-8(2)10-4-12(20)16(24)18(26)14(10)22/h3-4H,1-2,5-6H2. The summed E-state index contributed by atoms with van der Waals surface area (Å²) in [6, 6.07) is 2.00. The third-order valence-corrected chi connectivity index (χ3v) is 4.67. The summed E-state index contributed by atoms with van der Waals surface area (Å²) >= 11 is 5.52. The second kappa shape index (κ2) is 8.62. The zero-order chi connectivity index (χ0) is 20.5. The van der Waals surface area contributed by atoms with E-state index < -0.39 is 34.9 Å². The van der Waals surface area contributed by atoms with Crippen molar-refractivity contribution in [2.45, 2.75) is 0 Å². The summed E-state index contributed by atoms with van der Waals surface area (Å²) in [5.74, 6) is -8.95. The first-order chi connectivity index (χ1) is 12.6. The van der Waals surface area contributed by atoms with Crippen molar-refractivity contribution in [1.82, 2.24) is 0 Å². The van der Waals surface area contributed by atoms with Crippen LogP contribution in [-0.2, 0) is 4.74 Å². The smallest absolute Gasteiger partial charge is 0.196 e. The zero-order valence-corrected chi connectivity index (χ0v) is 16.6. The molecule has 0 aliphatic heterocycles. The number of ether oxygens (including phenoxy) is 1. The van der Waals surface area contributed by atoms with Gasteiger partial charge in [-0.15, -0.1) is 0 Å². The summed E-state index contributed by atoms with van der Waals surface area (Å²) in [6.45, 7) is 6.39. The first-order valence-electron chi connectivity index (χ1n) is 7.16. The Morgan fingerprint density at radius 2 is 1.00 bits per heavy atom. The second-order valence-corrected chi connectivity index (χ2v) is 7.10. The molecule has 0 unspecified atom stereocenters. The van der Waals surface area contributed by atoms with E-state index >= 15 is 0 Å². The number of halogens is 8. The quantitative estimate of drug-likeness (QED) is 0.234. The summed E-state index contributed by atoms with van der Waals surface area (Å²) < 4.78 is 85.7. The van der Waals surface area contributed by atoms with E-state index in [0.29, 0.717) is 0 Å². The first-order valence-corrected chi connectivity index (χ1v) is 8.74. The predicted molar refractivity (Wildman–Crippen MR) is 96.9 cm³/mol. The Morgan fingerprint density at radius 1 is 0.667 bits per heavy atom. The summed E-state index contributed by atoms with van der Waals surface area (Å²) in [7, 11) is 0. The SMILES string of the molecule is C=C(COCC(=C)c1cc(Br)c(F)c(F)c1F)c1cc(Br)c(F)c(F)c1F. The Kier molecular flexibility index (Phi) is 6.93. The molecule has 0 spiro atoms. The van der Waals surface area contributed by atoms with Gasteiger partial charge in [-0.05, 0) is 55.1 Å². The van der Waals surface area contributed by atoms with Gasteiger partial charge in [-0.2, -0.15) is 0 Å². The predicted octanol–water partition coefficient (Wildman–Crippen LogP) is 6.79. The topological polar surface area (TPSA) is 9.23 Å². The van der Waals surface area contributed by atoms with Gasteiger partial charge in [0, 0.05) is 11.1 Å². The molecule has 0 aliphatic carbocycles. The molecule has 0 heterocycles. The molecule has 27 heavy (non-hydrogen) atoms. The number of benzene rings is 2. The molecule has 144 valence electrons. The van der Waals surface area contributed by atoms with Crippen molar-refractivity contribution in [3.05, 3.63) is 80.3 Å². The molecule has 2 rings (SSSR count). The van der Waals surface area contributed by atoms with E-state index in [1.807, 2.05) is 0 Å². The van der Waals surface area contributed by atoms with Crippen LogP contribution < -0.4 is 0 Å². The van der Waals surface area contributed by atoms with Crippen LogP contribution in [0.1, 0.15) is 11.1 Å². The number of rotatable bonds is 6. The maximum atomic E-state index is 13.8. The molecule has 0 saturated heterocycles. The number of hydrogen-bond acceptors (Lipinski definition) is 1. The van der Waals surface area contributed by atoms with Crippen LogP contribution in [0.15, 0.2) is 34.2 Å². The van der Waals surface area contributed by atoms with Crippen LogP contribution in [0.4, 0.5) is 26.3 Å². The molecule has 0 fully saturated rings. The molecule has 0 N–H and O–H groups in total. The molecule has 0 aromatic heterocycles. The van der Waals surface area contributed by atoms with Gasteiger partial charge in [-0.3, -0.25) is 0 Å². The summed E-state index contributed by atoms with van der Waals surface area (Å²) in [6.07, 6.45) is 0. The van der Waals surface area contributed by atoms with E-state index in [1.54, 1.807) is 0 Å². The maximum absolute atomic E-state index is 13.8. The molecular weight excluding hydrogens is 506 g/mol. The van der Waals surface area contributed by atoms with Crippen LogP contribution in [0.2, 0.25) is 0 Å². The highest BCUT2D eigenvalue weighted by atomic mass is 79.9. The second-order valence-electron chi connectivity index (χ2n) is 5.40. The molecule has 1 nitrogen and oxygen atoms in total. The molecule has 2 aromatic carbocycles. The fraction of sp³-hybridized carbons (Fsp3) is 0.111. The Balaban J connectivity index is 2.09.